The number of aromatic nitrogens is 2. The van der Waals surface area contributed by atoms with Crippen LogP contribution in [0.15, 0.2) is 15.7 Å². The Bertz CT molecular complexity index is 585. The molecular weight excluding hydrogens is 527 g/mol. The van der Waals surface area contributed by atoms with Gasteiger partial charge in [-0.25, -0.2) is 4.98 Å². The monoisotopic (exact) mass is 556 g/mol. The summed E-state index contributed by atoms with van der Waals surface area (Å²) in [5, 5.41) is 3.38. The van der Waals surface area contributed by atoms with Crippen LogP contribution in [0.4, 0.5) is 5.95 Å². The summed E-state index contributed by atoms with van der Waals surface area (Å²) in [6.45, 7) is 10.7. The van der Waals surface area contributed by atoms with Crippen LogP contribution in [-0.2, 0) is 4.74 Å². The van der Waals surface area contributed by atoms with Gasteiger partial charge in [0.1, 0.15) is 0 Å². The Labute approximate surface area is 187 Å². The molecule has 1 aromatic heterocycles. The fourth-order valence-electron chi connectivity index (χ4n) is 2.68. The summed E-state index contributed by atoms with van der Waals surface area (Å²) in [6, 6.07) is 0. The van der Waals surface area contributed by atoms with Crippen LogP contribution >= 0.6 is 39.9 Å². The van der Waals surface area contributed by atoms with Gasteiger partial charge in [-0.2, -0.15) is 4.98 Å². The Morgan fingerprint density at radius 2 is 2.04 bits per heavy atom. The number of anilines is 1. The molecule has 0 aromatic carbocycles. The van der Waals surface area contributed by atoms with Crippen molar-refractivity contribution in [1.82, 2.24) is 20.2 Å². The van der Waals surface area contributed by atoms with Crippen molar-refractivity contribution in [2.75, 3.05) is 64.5 Å². The number of methoxy groups -OCH3 is 1. The number of hydrogen-bond acceptors (Lipinski definition) is 6. The maximum Gasteiger partial charge on any atom is 0.232 e. The summed E-state index contributed by atoms with van der Waals surface area (Å²) in [5.74, 6) is 2.22. The third-order valence-electron chi connectivity index (χ3n) is 4.00. The van der Waals surface area contributed by atoms with Gasteiger partial charge in [0.05, 0.1) is 17.8 Å². The third kappa shape index (κ3) is 7.57. The van der Waals surface area contributed by atoms with Crippen LogP contribution < -0.4 is 15.0 Å². The van der Waals surface area contributed by atoms with Crippen molar-refractivity contribution in [3.05, 3.63) is 10.7 Å². The number of halogens is 2. The van der Waals surface area contributed by atoms with E-state index in [1.54, 1.807) is 13.3 Å². The summed E-state index contributed by atoms with van der Waals surface area (Å²) in [6.07, 6.45) is 2.67. The molecule has 1 saturated heterocycles. The zero-order valence-electron chi connectivity index (χ0n) is 16.3. The number of nitrogens with one attached hydrogen (secondary N) is 1. The van der Waals surface area contributed by atoms with Gasteiger partial charge >= 0.3 is 0 Å². The van der Waals surface area contributed by atoms with Crippen LogP contribution in [0.1, 0.15) is 20.3 Å². The number of aliphatic imine (C=N–C) groups is 1. The van der Waals surface area contributed by atoms with Crippen molar-refractivity contribution < 1.29 is 9.47 Å². The van der Waals surface area contributed by atoms with Gasteiger partial charge in [-0.15, -0.1) is 24.0 Å². The first-order valence-electron chi connectivity index (χ1n) is 9.12. The third-order valence-corrected chi connectivity index (χ3v) is 4.55. The highest BCUT2D eigenvalue weighted by atomic mass is 127. The molecule has 0 atom stereocenters. The molecule has 27 heavy (non-hydrogen) atoms. The fraction of sp³-hybridized carbons (Fsp3) is 0.706. The summed E-state index contributed by atoms with van der Waals surface area (Å²) >= 11 is 3.39. The number of guanidine groups is 1. The van der Waals surface area contributed by atoms with Gasteiger partial charge in [0.25, 0.3) is 0 Å². The maximum atomic E-state index is 5.37. The van der Waals surface area contributed by atoms with E-state index in [1.807, 2.05) is 6.92 Å². The van der Waals surface area contributed by atoms with E-state index in [2.05, 4.69) is 47.9 Å². The molecule has 0 unspecified atom stereocenters. The number of ether oxygens (including phenoxy) is 2. The number of piperazine rings is 1. The van der Waals surface area contributed by atoms with Crippen molar-refractivity contribution in [2.24, 2.45) is 4.99 Å². The van der Waals surface area contributed by atoms with Crippen LogP contribution in [0, 0.1) is 0 Å². The van der Waals surface area contributed by atoms with Crippen molar-refractivity contribution in [2.45, 2.75) is 20.3 Å². The summed E-state index contributed by atoms with van der Waals surface area (Å²) in [4.78, 5) is 18.1. The van der Waals surface area contributed by atoms with E-state index in [9.17, 15) is 0 Å². The predicted molar refractivity (Wildman–Crippen MR) is 123 cm³/mol. The standard InChI is InChI=1S/C17H29BrN6O2.HI/c1-4-19-16(20-7-6-12-26-5-2)23-8-10-24(11-9-23)17-21-13-14(18)15(22-17)25-3;/h13H,4-12H2,1-3H3,(H,19,20);1H. The van der Waals surface area contributed by atoms with Crippen LogP contribution in [0.5, 0.6) is 5.88 Å². The predicted octanol–water partition coefficient (Wildman–Crippen LogP) is 2.38. The molecule has 154 valence electrons. The van der Waals surface area contributed by atoms with Crippen LogP contribution in [0.2, 0.25) is 0 Å². The fourth-order valence-corrected chi connectivity index (χ4v) is 3.03. The first-order valence-corrected chi connectivity index (χ1v) is 9.91. The summed E-state index contributed by atoms with van der Waals surface area (Å²) in [5.41, 5.74) is 0. The molecule has 2 rings (SSSR count). The van der Waals surface area contributed by atoms with Crippen LogP contribution in [-0.4, -0.2) is 80.4 Å². The lowest BCUT2D eigenvalue weighted by Gasteiger charge is -2.36. The molecule has 0 amide bonds. The van der Waals surface area contributed by atoms with E-state index < -0.39 is 0 Å². The molecule has 0 spiro atoms. The minimum atomic E-state index is 0. The molecule has 1 fully saturated rings. The summed E-state index contributed by atoms with van der Waals surface area (Å²) in [7, 11) is 1.61. The van der Waals surface area contributed by atoms with E-state index in [4.69, 9.17) is 14.5 Å². The molecule has 10 heteroatoms. The number of hydrogen-bond donors (Lipinski definition) is 1. The number of nitrogens with zero attached hydrogens (tertiary/aromatic N) is 5. The van der Waals surface area contributed by atoms with E-state index in [1.165, 1.54) is 0 Å². The zero-order chi connectivity index (χ0) is 18.8. The molecule has 1 aromatic rings. The topological polar surface area (TPSA) is 75.1 Å². The second kappa shape index (κ2) is 13.3. The highest BCUT2D eigenvalue weighted by molar-refractivity contribution is 14.0. The maximum absolute atomic E-state index is 5.37. The van der Waals surface area contributed by atoms with E-state index >= 15 is 0 Å². The largest absolute Gasteiger partial charge is 0.480 e. The van der Waals surface area contributed by atoms with Gasteiger partial charge in [0.2, 0.25) is 11.8 Å². The van der Waals surface area contributed by atoms with Crippen molar-refractivity contribution >= 4 is 51.8 Å². The Kier molecular flexibility index (Phi) is 11.9. The second-order valence-electron chi connectivity index (χ2n) is 5.79. The average Bonchev–Trinajstić information content (AvgIpc) is 2.67. The van der Waals surface area contributed by atoms with Gasteiger partial charge < -0.3 is 24.6 Å². The number of rotatable bonds is 8. The minimum absolute atomic E-state index is 0. The molecule has 0 bridgehead atoms. The molecule has 1 N–H and O–H groups in total. The zero-order valence-corrected chi connectivity index (χ0v) is 20.2. The Morgan fingerprint density at radius 1 is 1.30 bits per heavy atom. The molecule has 1 aliphatic heterocycles. The summed E-state index contributed by atoms with van der Waals surface area (Å²) < 4.78 is 11.4. The van der Waals surface area contributed by atoms with E-state index in [-0.39, 0.29) is 24.0 Å². The van der Waals surface area contributed by atoms with Gasteiger partial charge in [-0.1, -0.05) is 0 Å². The quantitative estimate of drug-likeness (QED) is 0.228. The normalized spacial score (nSPS) is 14.7. The highest BCUT2D eigenvalue weighted by Crippen LogP contribution is 2.23. The molecule has 0 saturated carbocycles. The van der Waals surface area contributed by atoms with Gasteiger partial charge in [0.15, 0.2) is 5.96 Å². The van der Waals surface area contributed by atoms with Crippen molar-refractivity contribution in [3.8, 4) is 5.88 Å². The molecule has 0 aliphatic carbocycles. The van der Waals surface area contributed by atoms with E-state index in [0.717, 1.165) is 69.3 Å². The molecule has 2 heterocycles. The lowest BCUT2D eigenvalue weighted by atomic mass is 10.3. The lowest BCUT2D eigenvalue weighted by Crippen LogP contribution is -2.53. The SMILES string of the molecule is CCNC(=NCCCOCC)N1CCN(c2ncc(Br)c(OC)n2)CC1.I. The van der Waals surface area contributed by atoms with Crippen LogP contribution in [0.3, 0.4) is 0 Å². The average molecular weight is 557 g/mol. The minimum Gasteiger partial charge on any atom is -0.480 e. The van der Waals surface area contributed by atoms with Crippen molar-refractivity contribution in [3.63, 3.8) is 0 Å². The first-order chi connectivity index (χ1) is 12.7. The first kappa shape index (κ1) is 24.2. The van der Waals surface area contributed by atoms with Crippen molar-refractivity contribution in [1.29, 1.82) is 0 Å². The molecular formula is C17H30BrIN6O2. The van der Waals surface area contributed by atoms with Gasteiger partial charge in [0, 0.05) is 52.5 Å². The molecule has 0 radical (unpaired) electrons. The Morgan fingerprint density at radius 3 is 2.67 bits per heavy atom. The molecule has 1 aliphatic rings. The lowest BCUT2D eigenvalue weighted by molar-refractivity contribution is 0.146. The highest BCUT2D eigenvalue weighted by Gasteiger charge is 2.22. The second-order valence-corrected chi connectivity index (χ2v) is 6.64. The van der Waals surface area contributed by atoms with Crippen LogP contribution in [0.25, 0.3) is 0 Å². The Balaban J connectivity index is 0.00000364. The molecule has 8 nitrogen and oxygen atoms in total. The van der Waals surface area contributed by atoms with E-state index in [0.29, 0.717) is 11.8 Å². The Hall–Kier alpha value is -0.880. The van der Waals surface area contributed by atoms with Gasteiger partial charge in [-0.3, -0.25) is 4.99 Å². The smallest absolute Gasteiger partial charge is 0.232 e. The van der Waals surface area contributed by atoms with Gasteiger partial charge in [-0.05, 0) is 36.2 Å².